The van der Waals surface area contributed by atoms with E-state index in [9.17, 15) is 14.9 Å². The van der Waals surface area contributed by atoms with Crippen molar-refractivity contribution in [3.63, 3.8) is 0 Å². The molecule has 122 valence electrons. The number of non-ortho nitro benzene ring substituents is 1. The molecule has 1 amide bonds. The first kappa shape index (κ1) is 15.9. The first-order chi connectivity index (χ1) is 11.5. The van der Waals surface area contributed by atoms with Gasteiger partial charge in [0.1, 0.15) is 5.75 Å². The van der Waals surface area contributed by atoms with Crippen LogP contribution in [0, 0.1) is 17.0 Å². The molecule has 0 unspecified atom stereocenters. The summed E-state index contributed by atoms with van der Waals surface area (Å²) in [5.41, 5.74) is 1.59. The first-order valence-corrected chi connectivity index (χ1v) is 7.93. The maximum absolute atomic E-state index is 12.5. The van der Waals surface area contributed by atoms with Gasteiger partial charge in [0.05, 0.1) is 22.6 Å². The minimum absolute atomic E-state index is 0.00705. The molecule has 2 aromatic carbocycles. The number of aryl methyl sites for hydroxylation is 1. The molecule has 6 nitrogen and oxygen atoms in total. The summed E-state index contributed by atoms with van der Waals surface area (Å²) in [5.74, 6) is 0.299. The zero-order valence-corrected chi connectivity index (χ0v) is 13.8. The van der Waals surface area contributed by atoms with E-state index in [0.717, 1.165) is 10.3 Å². The van der Waals surface area contributed by atoms with Crippen LogP contribution in [0.15, 0.2) is 42.5 Å². The third kappa shape index (κ3) is 3.07. The zero-order chi connectivity index (χ0) is 17.3. The third-order valence-corrected chi connectivity index (χ3v) is 4.65. The van der Waals surface area contributed by atoms with Gasteiger partial charge in [-0.15, -0.1) is 11.3 Å². The topological polar surface area (TPSA) is 81.5 Å². The maximum atomic E-state index is 12.5. The lowest BCUT2D eigenvalue weighted by Crippen LogP contribution is -2.11. The van der Waals surface area contributed by atoms with E-state index >= 15 is 0 Å². The summed E-state index contributed by atoms with van der Waals surface area (Å²) in [5, 5.41) is 14.4. The Labute approximate surface area is 141 Å². The molecule has 24 heavy (non-hydrogen) atoms. The van der Waals surface area contributed by atoms with Gasteiger partial charge in [-0.05, 0) is 36.8 Å². The van der Waals surface area contributed by atoms with Crippen LogP contribution in [0.5, 0.6) is 5.75 Å². The molecule has 3 aromatic rings. The summed E-state index contributed by atoms with van der Waals surface area (Å²) < 4.78 is 6.07. The lowest BCUT2D eigenvalue weighted by molar-refractivity contribution is -0.384. The van der Waals surface area contributed by atoms with Crippen LogP contribution >= 0.6 is 11.3 Å². The largest absolute Gasteiger partial charge is 0.495 e. The molecule has 0 atom stereocenters. The molecular formula is C17H14N2O4S. The number of methoxy groups -OCH3 is 1. The number of nitro groups is 1. The number of fused-ring (bicyclic) bond motifs is 1. The summed E-state index contributed by atoms with van der Waals surface area (Å²) in [6, 6.07) is 11.7. The van der Waals surface area contributed by atoms with E-state index in [0.29, 0.717) is 21.7 Å². The van der Waals surface area contributed by atoms with Crippen LogP contribution in [0.1, 0.15) is 15.2 Å². The van der Waals surface area contributed by atoms with Crippen LogP contribution in [-0.4, -0.2) is 17.9 Å². The van der Waals surface area contributed by atoms with E-state index in [2.05, 4.69) is 5.32 Å². The summed E-state index contributed by atoms with van der Waals surface area (Å²) >= 11 is 1.29. The highest BCUT2D eigenvalue weighted by molar-refractivity contribution is 7.20. The van der Waals surface area contributed by atoms with Crippen molar-refractivity contribution in [1.82, 2.24) is 0 Å². The predicted molar refractivity (Wildman–Crippen MR) is 94.2 cm³/mol. The number of benzene rings is 2. The zero-order valence-electron chi connectivity index (χ0n) is 13.0. The van der Waals surface area contributed by atoms with E-state index in [1.165, 1.54) is 23.5 Å². The molecule has 0 saturated carbocycles. The van der Waals surface area contributed by atoms with Crippen molar-refractivity contribution < 1.29 is 14.5 Å². The molecule has 0 aliphatic heterocycles. The number of rotatable bonds is 4. The summed E-state index contributed by atoms with van der Waals surface area (Å²) in [7, 11) is 1.54. The molecule has 0 fully saturated rings. The second-order valence-electron chi connectivity index (χ2n) is 5.25. The van der Waals surface area contributed by atoms with Crippen LogP contribution in [0.4, 0.5) is 11.4 Å². The van der Waals surface area contributed by atoms with Crippen molar-refractivity contribution in [2.75, 3.05) is 12.4 Å². The quantitative estimate of drug-likeness (QED) is 0.563. The first-order valence-electron chi connectivity index (χ1n) is 7.12. The molecule has 0 aliphatic rings. The van der Waals surface area contributed by atoms with E-state index in [1.807, 2.05) is 19.1 Å². The van der Waals surface area contributed by atoms with Crippen molar-refractivity contribution in [3.8, 4) is 5.75 Å². The molecule has 0 spiro atoms. The number of amides is 1. The number of hydrogen-bond acceptors (Lipinski definition) is 5. The molecule has 0 saturated heterocycles. The van der Waals surface area contributed by atoms with Gasteiger partial charge in [0, 0.05) is 22.2 Å². The van der Waals surface area contributed by atoms with Crippen LogP contribution < -0.4 is 10.1 Å². The SMILES string of the molecule is COc1ccc(C)cc1NC(=O)c1cc2cc([N+](=O)[O-])ccc2s1. The van der Waals surface area contributed by atoms with Gasteiger partial charge < -0.3 is 10.1 Å². The Balaban J connectivity index is 1.91. The Morgan fingerprint density at radius 2 is 2.00 bits per heavy atom. The lowest BCUT2D eigenvalue weighted by atomic mass is 10.2. The van der Waals surface area contributed by atoms with E-state index in [4.69, 9.17) is 4.74 Å². The number of nitrogens with zero attached hydrogens (tertiary/aromatic N) is 1. The number of thiophene rings is 1. The number of anilines is 1. The van der Waals surface area contributed by atoms with Crippen molar-refractivity contribution >= 4 is 38.7 Å². The minimum atomic E-state index is -0.450. The van der Waals surface area contributed by atoms with Crippen LogP contribution in [0.2, 0.25) is 0 Å². The van der Waals surface area contributed by atoms with Gasteiger partial charge in [0.15, 0.2) is 0 Å². The molecule has 7 heteroatoms. The fraction of sp³-hybridized carbons (Fsp3) is 0.118. The van der Waals surface area contributed by atoms with Crippen molar-refractivity contribution in [1.29, 1.82) is 0 Å². The van der Waals surface area contributed by atoms with Gasteiger partial charge in [-0.25, -0.2) is 0 Å². The number of hydrogen-bond donors (Lipinski definition) is 1. The van der Waals surface area contributed by atoms with Gasteiger partial charge in [0.25, 0.3) is 11.6 Å². The van der Waals surface area contributed by atoms with Crippen molar-refractivity contribution in [2.24, 2.45) is 0 Å². The summed E-state index contributed by atoms with van der Waals surface area (Å²) in [4.78, 5) is 23.4. The normalized spacial score (nSPS) is 10.6. The average Bonchev–Trinajstić information content (AvgIpc) is 2.98. The average molecular weight is 342 g/mol. The minimum Gasteiger partial charge on any atom is -0.495 e. The Kier molecular flexibility index (Phi) is 4.18. The smallest absolute Gasteiger partial charge is 0.270 e. The number of ether oxygens (including phenoxy) is 1. The highest BCUT2D eigenvalue weighted by Crippen LogP contribution is 2.31. The molecule has 3 rings (SSSR count). The number of nitrogens with one attached hydrogen (secondary N) is 1. The Hall–Kier alpha value is -2.93. The third-order valence-electron chi connectivity index (χ3n) is 3.54. The molecule has 1 N–H and O–H groups in total. The molecule has 1 aromatic heterocycles. The number of carbonyl (C=O) groups is 1. The van der Waals surface area contributed by atoms with Gasteiger partial charge in [-0.2, -0.15) is 0 Å². The van der Waals surface area contributed by atoms with Crippen molar-refractivity contribution in [2.45, 2.75) is 6.92 Å². The monoisotopic (exact) mass is 342 g/mol. The van der Waals surface area contributed by atoms with Crippen LogP contribution in [0.3, 0.4) is 0 Å². The van der Waals surface area contributed by atoms with Gasteiger partial charge in [-0.3, -0.25) is 14.9 Å². The molecule has 0 bridgehead atoms. The predicted octanol–water partition coefficient (Wildman–Crippen LogP) is 4.38. The van der Waals surface area contributed by atoms with Gasteiger partial charge in [-0.1, -0.05) is 6.07 Å². The van der Waals surface area contributed by atoms with Crippen LogP contribution in [0.25, 0.3) is 10.1 Å². The molecule has 0 radical (unpaired) electrons. The summed E-state index contributed by atoms with van der Waals surface area (Å²) in [6.07, 6.45) is 0. The second-order valence-corrected chi connectivity index (χ2v) is 6.33. The van der Waals surface area contributed by atoms with Crippen molar-refractivity contribution in [3.05, 3.63) is 63.0 Å². The number of nitro benzene ring substituents is 1. The maximum Gasteiger partial charge on any atom is 0.270 e. The van der Waals surface area contributed by atoms with E-state index in [-0.39, 0.29) is 11.6 Å². The fourth-order valence-electron chi connectivity index (χ4n) is 2.36. The lowest BCUT2D eigenvalue weighted by Gasteiger charge is -2.10. The Bertz CT molecular complexity index is 949. The molecular weight excluding hydrogens is 328 g/mol. The Morgan fingerprint density at radius 1 is 1.21 bits per heavy atom. The van der Waals surface area contributed by atoms with Gasteiger partial charge >= 0.3 is 0 Å². The highest BCUT2D eigenvalue weighted by atomic mass is 32.1. The van der Waals surface area contributed by atoms with E-state index < -0.39 is 4.92 Å². The van der Waals surface area contributed by atoms with Gasteiger partial charge in [0.2, 0.25) is 0 Å². The number of carbonyl (C=O) groups excluding carboxylic acids is 1. The standard InChI is InChI=1S/C17H14N2O4S/c1-10-3-5-14(23-2)13(7-10)18-17(20)16-9-11-8-12(19(21)22)4-6-15(11)24-16/h3-9H,1-2H3,(H,18,20). The molecule has 0 aliphatic carbocycles. The molecule has 1 heterocycles. The Morgan fingerprint density at radius 3 is 2.71 bits per heavy atom. The summed E-state index contributed by atoms with van der Waals surface area (Å²) in [6.45, 7) is 1.92. The fourth-order valence-corrected chi connectivity index (χ4v) is 3.30. The highest BCUT2D eigenvalue weighted by Gasteiger charge is 2.15. The second kappa shape index (κ2) is 6.29. The van der Waals surface area contributed by atoms with Crippen LogP contribution in [-0.2, 0) is 0 Å². The van der Waals surface area contributed by atoms with E-state index in [1.54, 1.807) is 25.3 Å².